The number of fused-ring (bicyclic) bond motifs is 1. The zero-order chi connectivity index (χ0) is 25.1. The normalized spacial score (nSPS) is 18.9. The van der Waals surface area contributed by atoms with E-state index in [1.165, 1.54) is 4.31 Å². The van der Waals surface area contributed by atoms with Crippen molar-refractivity contribution in [2.45, 2.75) is 37.0 Å². The molecule has 2 aliphatic rings. The van der Waals surface area contributed by atoms with Gasteiger partial charge in [-0.05, 0) is 66.3 Å². The molecule has 0 radical (unpaired) electrons. The van der Waals surface area contributed by atoms with Gasteiger partial charge in [0.25, 0.3) is 0 Å². The standard InChI is InChI=1S/C28H31N3O4S/c32-27(30-15-3-4-16-30)18-21-9-12-25(13-10-21)29-28(33)24-8-5-17-31(20-24)36(34,35)26-14-11-22-6-1-2-7-23(22)19-26/h1-2,6-7,9-14,19,24H,3-5,8,15-18,20H2,(H,29,33)/t24-/m1/s1. The maximum absolute atomic E-state index is 13.3. The zero-order valence-corrected chi connectivity index (χ0v) is 21.0. The molecule has 0 spiro atoms. The first-order valence-electron chi connectivity index (χ1n) is 12.6. The van der Waals surface area contributed by atoms with Crippen molar-refractivity contribution in [3.05, 3.63) is 72.3 Å². The first kappa shape index (κ1) is 24.5. The summed E-state index contributed by atoms with van der Waals surface area (Å²) in [5.41, 5.74) is 1.56. The lowest BCUT2D eigenvalue weighted by atomic mass is 9.98. The largest absolute Gasteiger partial charge is 0.342 e. The molecule has 188 valence electrons. The fourth-order valence-electron chi connectivity index (χ4n) is 5.05. The third-order valence-electron chi connectivity index (χ3n) is 7.15. The minimum absolute atomic E-state index is 0.138. The van der Waals surface area contributed by atoms with Crippen molar-refractivity contribution in [1.82, 2.24) is 9.21 Å². The van der Waals surface area contributed by atoms with Crippen molar-refractivity contribution in [2.75, 3.05) is 31.5 Å². The molecule has 1 atom stereocenters. The molecule has 1 N–H and O–H groups in total. The van der Waals surface area contributed by atoms with Crippen LogP contribution in [0.3, 0.4) is 0 Å². The second-order valence-corrected chi connectivity index (χ2v) is 11.6. The summed E-state index contributed by atoms with van der Waals surface area (Å²) in [5.74, 6) is -0.473. The molecule has 0 unspecified atom stereocenters. The Morgan fingerprint density at radius 3 is 2.33 bits per heavy atom. The first-order chi connectivity index (χ1) is 17.4. The van der Waals surface area contributed by atoms with Gasteiger partial charge in [0, 0.05) is 31.9 Å². The van der Waals surface area contributed by atoms with Gasteiger partial charge in [-0.2, -0.15) is 4.31 Å². The quantitative estimate of drug-likeness (QED) is 0.548. The molecule has 2 aliphatic heterocycles. The van der Waals surface area contributed by atoms with Crippen LogP contribution in [0.15, 0.2) is 71.6 Å². The van der Waals surface area contributed by atoms with Crippen LogP contribution in [0.1, 0.15) is 31.2 Å². The second kappa shape index (κ2) is 10.4. The number of piperidine rings is 1. The zero-order valence-electron chi connectivity index (χ0n) is 20.2. The number of anilines is 1. The SMILES string of the molecule is O=C(Nc1ccc(CC(=O)N2CCCC2)cc1)[C@@H]1CCCN(S(=O)(=O)c2ccc3ccccc3c2)C1. The number of nitrogens with zero attached hydrogens (tertiary/aromatic N) is 2. The number of nitrogens with one attached hydrogen (secondary N) is 1. The lowest BCUT2D eigenvalue weighted by Crippen LogP contribution is -2.43. The Bertz CT molecular complexity index is 1370. The van der Waals surface area contributed by atoms with Gasteiger partial charge >= 0.3 is 0 Å². The molecular formula is C28H31N3O4S. The highest BCUT2D eigenvalue weighted by molar-refractivity contribution is 7.89. The number of carbonyl (C=O) groups excluding carboxylic acids is 2. The summed E-state index contributed by atoms with van der Waals surface area (Å²) in [6.07, 6.45) is 3.76. The van der Waals surface area contributed by atoms with Crippen LogP contribution in [0, 0.1) is 5.92 Å². The Kier molecular flexibility index (Phi) is 7.07. The van der Waals surface area contributed by atoms with Crippen LogP contribution in [0.5, 0.6) is 0 Å². The van der Waals surface area contributed by atoms with Crippen molar-refractivity contribution < 1.29 is 18.0 Å². The van der Waals surface area contributed by atoms with Crippen LogP contribution < -0.4 is 5.32 Å². The molecule has 2 amide bonds. The Morgan fingerprint density at radius 2 is 1.58 bits per heavy atom. The molecule has 0 aliphatic carbocycles. The van der Waals surface area contributed by atoms with Crippen molar-refractivity contribution in [1.29, 1.82) is 0 Å². The number of likely N-dealkylation sites (tertiary alicyclic amines) is 1. The predicted octanol–water partition coefficient (Wildman–Crippen LogP) is 4.04. The highest BCUT2D eigenvalue weighted by Gasteiger charge is 2.33. The van der Waals surface area contributed by atoms with E-state index in [1.807, 2.05) is 47.4 Å². The van der Waals surface area contributed by atoms with E-state index in [-0.39, 0.29) is 23.3 Å². The fourth-order valence-corrected chi connectivity index (χ4v) is 6.61. The Labute approximate surface area is 212 Å². The van der Waals surface area contributed by atoms with Crippen LogP contribution >= 0.6 is 0 Å². The van der Waals surface area contributed by atoms with Gasteiger partial charge in [-0.15, -0.1) is 0 Å². The number of benzene rings is 3. The van der Waals surface area contributed by atoms with Crippen LogP contribution in [0.25, 0.3) is 10.8 Å². The van der Waals surface area contributed by atoms with E-state index >= 15 is 0 Å². The summed E-state index contributed by atoms with van der Waals surface area (Å²) in [5, 5.41) is 4.78. The molecule has 0 bridgehead atoms. The van der Waals surface area contributed by atoms with Gasteiger partial charge in [0.15, 0.2) is 0 Å². The minimum atomic E-state index is -3.70. The van der Waals surface area contributed by atoms with Crippen LogP contribution in [-0.4, -0.2) is 55.6 Å². The highest BCUT2D eigenvalue weighted by atomic mass is 32.2. The topological polar surface area (TPSA) is 86.8 Å². The fraction of sp³-hybridized carbons (Fsp3) is 0.357. The van der Waals surface area contributed by atoms with Gasteiger partial charge in [0.1, 0.15) is 0 Å². The second-order valence-electron chi connectivity index (χ2n) is 9.66. The van der Waals surface area contributed by atoms with Crippen molar-refractivity contribution in [3.63, 3.8) is 0 Å². The molecule has 3 aromatic rings. The third kappa shape index (κ3) is 5.29. The molecule has 2 fully saturated rings. The van der Waals surface area contributed by atoms with Crippen LogP contribution in [0.2, 0.25) is 0 Å². The Morgan fingerprint density at radius 1 is 0.861 bits per heavy atom. The Balaban J connectivity index is 1.21. The van der Waals surface area contributed by atoms with Crippen LogP contribution in [-0.2, 0) is 26.0 Å². The lowest BCUT2D eigenvalue weighted by molar-refractivity contribution is -0.129. The molecule has 36 heavy (non-hydrogen) atoms. The Hall–Kier alpha value is -3.23. The number of hydrogen-bond donors (Lipinski definition) is 1. The van der Waals surface area contributed by atoms with E-state index < -0.39 is 15.9 Å². The first-order valence-corrected chi connectivity index (χ1v) is 14.0. The third-order valence-corrected chi connectivity index (χ3v) is 9.01. The molecule has 0 saturated carbocycles. The molecule has 7 nitrogen and oxygen atoms in total. The van der Waals surface area contributed by atoms with Gasteiger partial charge in [-0.25, -0.2) is 8.42 Å². The van der Waals surface area contributed by atoms with Gasteiger partial charge in [-0.1, -0.05) is 42.5 Å². The summed E-state index contributed by atoms with van der Waals surface area (Å²) < 4.78 is 28.1. The number of amides is 2. The number of carbonyl (C=O) groups is 2. The number of rotatable bonds is 6. The molecule has 2 saturated heterocycles. The van der Waals surface area contributed by atoms with Gasteiger partial charge in [0.2, 0.25) is 21.8 Å². The minimum Gasteiger partial charge on any atom is -0.342 e. The summed E-state index contributed by atoms with van der Waals surface area (Å²) in [6, 6.07) is 20.1. The molecule has 5 rings (SSSR count). The maximum atomic E-state index is 13.3. The molecule has 8 heteroatoms. The van der Waals surface area contributed by atoms with E-state index in [2.05, 4.69) is 5.32 Å². The molecular weight excluding hydrogens is 474 g/mol. The van der Waals surface area contributed by atoms with E-state index in [9.17, 15) is 18.0 Å². The monoisotopic (exact) mass is 505 g/mol. The maximum Gasteiger partial charge on any atom is 0.243 e. The molecule has 2 heterocycles. The highest BCUT2D eigenvalue weighted by Crippen LogP contribution is 2.27. The molecule has 3 aromatic carbocycles. The van der Waals surface area contributed by atoms with E-state index in [0.717, 1.165) is 42.3 Å². The van der Waals surface area contributed by atoms with Gasteiger partial charge in [-0.3, -0.25) is 9.59 Å². The summed E-state index contributed by atoms with van der Waals surface area (Å²) in [4.78, 5) is 27.5. The number of hydrogen-bond acceptors (Lipinski definition) is 4. The average molecular weight is 506 g/mol. The average Bonchev–Trinajstić information content (AvgIpc) is 3.45. The smallest absolute Gasteiger partial charge is 0.243 e. The summed E-state index contributed by atoms with van der Waals surface area (Å²) in [7, 11) is -3.70. The van der Waals surface area contributed by atoms with Crippen molar-refractivity contribution >= 4 is 38.3 Å². The summed E-state index contributed by atoms with van der Waals surface area (Å²) >= 11 is 0. The van der Waals surface area contributed by atoms with Crippen molar-refractivity contribution in [3.8, 4) is 0 Å². The van der Waals surface area contributed by atoms with Gasteiger partial charge < -0.3 is 10.2 Å². The number of sulfonamides is 1. The van der Waals surface area contributed by atoms with E-state index in [0.29, 0.717) is 31.5 Å². The molecule has 0 aromatic heterocycles. The van der Waals surface area contributed by atoms with E-state index in [1.54, 1.807) is 24.3 Å². The van der Waals surface area contributed by atoms with Gasteiger partial charge in [0.05, 0.1) is 17.2 Å². The predicted molar refractivity (Wildman–Crippen MR) is 140 cm³/mol. The van der Waals surface area contributed by atoms with E-state index in [4.69, 9.17) is 0 Å². The van der Waals surface area contributed by atoms with Crippen LogP contribution in [0.4, 0.5) is 5.69 Å². The van der Waals surface area contributed by atoms with Crippen molar-refractivity contribution in [2.24, 2.45) is 5.92 Å². The summed E-state index contributed by atoms with van der Waals surface area (Å²) in [6.45, 7) is 2.23. The lowest BCUT2D eigenvalue weighted by Gasteiger charge is -2.31.